The minimum Gasteiger partial charge on any atom is -0.257 e. The minimum atomic E-state index is -4.36. The average molecular weight is 204 g/mol. The number of hydrogen-bond acceptors (Lipinski definition) is 1. The van der Waals surface area contributed by atoms with E-state index in [9.17, 15) is 13.2 Å². The van der Waals surface area contributed by atoms with E-state index in [1.54, 1.807) is 13.8 Å². The number of halogens is 3. The third-order valence-corrected chi connectivity index (χ3v) is 1.74. The van der Waals surface area contributed by atoms with E-state index < -0.39 is 11.9 Å². The van der Waals surface area contributed by atoms with E-state index in [2.05, 4.69) is 11.7 Å². The molecule has 0 spiro atoms. The van der Waals surface area contributed by atoms with Crippen molar-refractivity contribution < 1.29 is 13.2 Å². The van der Waals surface area contributed by atoms with Crippen LogP contribution in [0, 0.1) is 0 Å². The van der Waals surface area contributed by atoms with Crippen molar-refractivity contribution >= 4 is 6.08 Å². The van der Waals surface area contributed by atoms with E-state index >= 15 is 0 Å². The summed E-state index contributed by atoms with van der Waals surface area (Å²) in [6.45, 7) is 6.68. The fraction of sp³-hybridized carbons (Fsp3) is 0.444. The first-order valence-corrected chi connectivity index (χ1v) is 4.15. The second kappa shape index (κ2) is 3.48. The summed E-state index contributed by atoms with van der Waals surface area (Å²) in [5.41, 5.74) is -0.492. The highest BCUT2D eigenvalue weighted by molar-refractivity contribution is 5.42. The highest BCUT2D eigenvalue weighted by atomic mass is 19.4. The maximum atomic E-state index is 12.5. The van der Waals surface area contributed by atoms with Gasteiger partial charge in [0.15, 0.2) is 0 Å². The smallest absolute Gasteiger partial charge is 0.257 e. The quantitative estimate of drug-likeness (QED) is 0.723. The molecular formula is C9H11F3N2. The first-order valence-electron chi connectivity index (χ1n) is 4.15. The molecule has 0 atom stereocenters. The lowest BCUT2D eigenvalue weighted by atomic mass is 10.3. The van der Waals surface area contributed by atoms with Crippen LogP contribution in [0.3, 0.4) is 0 Å². The van der Waals surface area contributed by atoms with Crippen LogP contribution in [0.4, 0.5) is 13.2 Å². The van der Waals surface area contributed by atoms with Crippen LogP contribution in [0.2, 0.25) is 0 Å². The first kappa shape index (κ1) is 10.8. The molecule has 1 rings (SSSR count). The normalized spacial score (nSPS) is 12.1. The van der Waals surface area contributed by atoms with Crippen LogP contribution in [0.5, 0.6) is 0 Å². The van der Waals surface area contributed by atoms with Gasteiger partial charge in [-0.1, -0.05) is 6.58 Å². The van der Waals surface area contributed by atoms with Gasteiger partial charge in [0, 0.05) is 6.04 Å². The molecule has 1 aromatic rings. The zero-order valence-electron chi connectivity index (χ0n) is 7.97. The third-order valence-electron chi connectivity index (χ3n) is 1.74. The lowest BCUT2D eigenvalue weighted by Crippen LogP contribution is -2.16. The first-order chi connectivity index (χ1) is 6.36. The Morgan fingerprint density at radius 2 is 2.07 bits per heavy atom. The van der Waals surface area contributed by atoms with Gasteiger partial charge in [0.1, 0.15) is 5.69 Å². The van der Waals surface area contributed by atoms with Crippen LogP contribution in [0.1, 0.15) is 31.3 Å². The van der Waals surface area contributed by atoms with E-state index in [0.717, 1.165) is 10.7 Å². The fourth-order valence-corrected chi connectivity index (χ4v) is 1.12. The van der Waals surface area contributed by atoms with Crippen LogP contribution in [-0.2, 0) is 6.18 Å². The molecule has 0 amide bonds. The maximum Gasteiger partial charge on any atom is 0.433 e. The van der Waals surface area contributed by atoms with E-state index in [4.69, 9.17) is 0 Å². The molecule has 0 aliphatic heterocycles. The van der Waals surface area contributed by atoms with Gasteiger partial charge >= 0.3 is 6.18 Å². The van der Waals surface area contributed by atoms with Gasteiger partial charge in [0.05, 0.1) is 5.69 Å². The molecular weight excluding hydrogens is 193 g/mol. The minimum absolute atomic E-state index is 0.242. The summed E-state index contributed by atoms with van der Waals surface area (Å²) in [4.78, 5) is 0. The molecule has 5 heteroatoms. The summed E-state index contributed by atoms with van der Waals surface area (Å²) in [5, 5.41) is 3.77. The molecule has 0 unspecified atom stereocenters. The Bertz CT molecular complexity index is 336. The summed E-state index contributed by atoms with van der Waals surface area (Å²) in [6.07, 6.45) is -3.06. The number of aromatic nitrogens is 2. The molecule has 0 saturated heterocycles. The van der Waals surface area contributed by atoms with E-state index in [-0.39, 0.29) is 11.7 Å². The van der Waals surface area contributed by atoms with Crippen LogP contribution >= 0.6 is 0 Å². The van der Waals surface area contributed by atoms with Crippen molar-refractivity contribution in [2.24, 2.45) is 0 Å². The Labute approximate surface area is 80.0 Å². The molecule has 14 heavy (non-hydrogen) atoms. The summed E-state index contributed by atoms with van der Waals surface area (Å²) in [7, 11) is 0. The molecule has 0 bridgehead atoms. The molecule has 78 valence electrons. The average Bonchev–Trinajstić information content (AvgIpc) is 2.46. The molecule has 1 aromatic heterocycles. The summed E-state index contributed by atoms with van der Waals surface area (Å²) in [5.74, 6) is 0. The van der Waals surface area contributed by atoms with Crippen LogP contribution in [0.15, 0.2) is 12.6 Å². The van der Waals surface area contributed by atoms with E-state index in [1.807, 2.05) is 0 Å². The summed E-state index contributed by atoms with van der Waals surface area (Å²) >= 11 is 0. The lowest BCUT2D eigenvalue weighted by molar-refractivity contribution is -0.144. The summed E-state index contributed by atoms with van der Waals surface area (Å²) in [6, 6.07) is 0.674. The van der Waals surface area contributed by atoms with Crippen molar-refractivity contribution in [2.45, 2.75) is 26.1 Å². The van der Waals surface area contributed by atoms with Gasteiger partial charge in [0.25, 0.3) is 0 Å². The number of nitrogens with zero attached hydrogens (tertiary/aromatic N) is 2. The predicted octanol–water partition coefficient (Wildman–Crippen LogP) is 3.13. The maximum absolute atomic E-state index is 12.5. The van der Waals surface area contributed by atoms with Crippen LogP contribution in [-0.4, -0.2) is 9.78 Å². The van der Waals surface area contributed by atoms with Crippen molar-refractivity contribution in [3.05, 3.63) is 24.0 Å². The molecule has 0 saturated carbocycles. The monoisotopic (exact) mass is 204 g/mol. The largest absolute Gasteiger partial charge is 0.433 e. The molecule has 2 nitrogen and oxygen atoms in total. The SMILES string of the molecule is C=Cc1cc(C(F)(F)F)n(C(C)C)n1. The van der Waals surface area contributed by atoms with Gasteiger partial charge in [-0.15, -0.1) is 0 Å². The van der Waals surface area contributed by atoms with Crippen molar-refractivity contribution in [3.63, 3.8) is 0 Å². The standard InChI is InChI=1S/C9H11F3N2/c1-4-7-5-8(9(10,11)12)14(13-7)6(2)3/h4-6H,1H2,2-3H3. The number of hydrogen-bond donors (Lipinski definition) is 0. The Kier molecular flexibility index (Phi) is 2.69. The zero-order valence-corrected chi connectivity index (χ0v) is 7.97. The van der Waals surface area contributed by atoms with Crippen molar-refractivity contribution in [1.82, 2.24) is 9.78 Å². The van der Waals surface area contributed by atoms with Crippen LogP contribution < -0.4 is 0 Å². The van der Waals surface area contributed by atoms with Crippen LogP contribution in [0.25, 0.3) is 6.08 Å². The molecule has 0 radical (unpaired) electrons. The van der Waals surface area contributed by atoms with Gasteiger partial charge in [-0.25, -0.2) is 0 Å². The van der Waals surface area contributed by atoms with Crippen molar-refractivity contribution in [2.75, 3.05) is 0 Å². The molecule has 0 fully saturated rings. The highest BCUT2D eigenvalue weighted by Crippen LogP contribution is 2.31. The molecule has 0 N–H and O–H groups in total. The predicted molar refractivity (Wildman–Crippen MR) is 47.7 cm³/mol. The lowest BCUT2D eigenvalue weighted by Gasteiger charge is -2.12. The van der Waals surface area contributed by atoms with Gasteiger partial charge < -0.3 is 0 Å². The number of rotatable bonds is 2. The number of alkyl halides is 3. The molecule has 0 aliphatic carbocycles. The zero-order chi connectivity index (χ0) is 10.9. The Balaban J connectivity index is 3.26. The Morgan fingerprint density at radius 3 is 2.36 bits per heavy atom. The van der Waals surface area contributed by atoms with E-state index in [1.165, 1.54) is 6.08 Å². The van der Waals surface area contributed by atoms with Crippen molar-refractivity contribution in [3.8, 4) is 0 Å². The third kappa shape index (κ3) is 1.97. The second-order valence-electron chi connectivity index (χ2n) is 3.19. The Hall–Kier alpha value is -1.26. The van der Waals surface area contributed by atoms with Gasteiger partial charge in [-0.2, -0.15) is 18.3 Å². The summed E-state index contributed by atoms with van der Waals surface area (Å²) < 4.78 is 38.3. The van der Waals surface area contributed by atoms with Gasteiger partial charge in [-0.05, 0) is 26.0 Å². The fourth-order valence-electron chi connectivity index (χ4n) is 1.12. The topological polar surface area (TPSA) is 17.8 Å². The van der Waals surface area contributed by atoms with Crippen molar-refractivity contribution in [1.29, 1.82) is 0 Å². The van der Waals surface area contributed by atoms with E-state index in [0.29, 0.717) is 0 Å². The highest BCUT2D eigenvalue weighted by Gasteiger charge is 2.36. The molecule has 0 aromatic carbocycles. The van der Waals surface area contributed by atoms with Gasteiger partial charge in [-0.3, -0.25) is 4.68 Å². The molecule has 0 aliphatic rings. The second-order valence-corrected chi connectivity index (χ2v) is 3.19. The van der Waals surface area contributed by atoms with Gasteiger partial charge in [0.2, 0.25) is 0 Å². The molecule has 1 heterocycles. The Morgan fingerprint density at radius 1 is 1.50 bits per heavy atom.